The van der Waals surface area contributed by atoms with Crippen molar-refractivity contribution in [3.05, 3.63) is 36.0 Å². The molecule has 1 aliphatic carbocycles. The standard InChI is InChI=1S/C14H18N2/c15-12-5-1-4-11(9-12)13-6-2-3-10-7-8-16-14(10)13/h2-3,6-8,11-12,16H,1,4-5,9,15H2. The highest BCUT2D eigenvalue weighted by Gasteiger charge is 2.22. The predicted molar refractivity (Wildman–Crippen MR) is 67.5 cm³/mol. The van der Waals surface area contributed by atoms with Crippen molar-refractivity contribution in [2.45, 2.75) is 37.6 Å². The van der Waals surface area contributed by atoms with Crippen molar-refractivity contribution >= 4 is 10.9 Å². The summed E-state index contributed by atoms with van der Waals surface area (Å²) >= 11 is 0. The quantitative estimate of drug-likeness (QED) is 0.752. The van der Waals surface area contributed by atoms with Crippen LogP contribution in [0.3, 0.4) is 0 Å². The lowest BCUT2D eigenvalue weighted by atomic mass is 9.81. The molecule has 0 radical (unpaired) electrons. The smallest absolute Gasteiger partial charge is 0.0489 e. The van der Waals surface area contributed by atoms with E-state index in [0.29, 0.717) is 12.0 Å². The minimum absolute atomic E-state index is 0.393. The second kappa shape index (κ2) is 3.95. The van der Waals surface area contributed by atoms with Crippen LogP contribution in [-0.2, 0) is 0 Å². The molecular formula is C14H18N2. The topological polar surface area (TPSA) is 41.8 Å². The van der Waals surface area contributed by atoms with Crippen LogP contribution in [0.15, 0.2) is 30.5 Å². The Balaban J connectivity index is 2.01. The number of benzene rings is 1. The molecule has 16 heavy (non-hydrogen) atoms. The van der Waals surface area contributed by atoms with E-state index in [9.17, 15) is 0 Å². The van der Waals surface area contributed by atoms with Crippen molar-refractivity contribution in [2.24, 2.45) is 5.73 Å². The highest BCUT2D eigenvalue weighted by Crippen LogP contribution is 2.35. The molecule has 2 heteroatoms. The van der Waals surface area contributed by atoms with Crippen molar-refractivity contribution in [1.29, 1.82) is 0 Å². The van der Waals surface area contributed by atoms with Gasteiger partial charge in [-0.05, 0) is 42.2 Å². The molecule has 0 aliphatic heterocycles. The number of hydrogen-bond acceptors (Lipinski definition) is 1. The third-order valence-electron chi connectivity index (χ3n) is 3.77. The van der Waals surface area contributed by atoms with Crippen molar-refractivity contribution in [3.63, 3.8) is 0 Å². The van der Waals surface area contributed by atoms with Gasteiger partial charge in [0.2, 0.25) is 0 Å². The van der Waals surface area contributed by atoms with Gasteiger partial charge in [-0.25, -0.2) is 0 Å². The van der Waals surface area contributed by atoms with Crippen LogP contribution < -0.4 is 5.73 Å². The fourth-order valence-corrected chi connectivity index (χ4v) is 2.96. The molecule has 1 fully saturated rings. The second-order valence-electron chi connectivity index (χ2n) is 4.91. The molecule has 1 aliphatic rings. The molecule has 2 nitrogen and oxygen atoms in total. The van der Waals surface area contributed by atoms with Crippen molar-refractivity contribution in [2.75, 3.05) is 0 Å². The van der Waals surface area contributed by atoms with Gasteiger partial charge in [-0.3, -0.25) is 0 Å². The molecule has 2 unspecified atom stereocenters. The number of aromatic amines is 1. The Morgan fingerprint density at radius 1 is 1.19 bits per heavy atom. The fourth-order valence-electron chi connectivity index (χ4n) is 2.96. The lowest BCUT2D eigenvalue weighted by molar-refractivity contribution is 0.394. The monoisotopic (exact) mass is 214 g/mol. The van der Waals surface area contributed by atoms with Gasteiger partial charge in [0.05, 0.1) is 0 Å². The third-order valence-corrected chi connectivity index (χ3v) is 3.77. The first-order valence-electron chi connectivity index (χ1n) is 6.16. The largest absolute Gasteiger partial charge is 0.361 e. The van der Waals surface area contributed by atoms with Crippen LogP contribution in [-0.4, -0.2) is 11.0 Å². The second-order valence-corrected chi connectivity index (χ2v) is 4.91. The number of hydrogen-bond donors (Lipinski definition) is 2. The molecule has 2 aromatic rings. The van der Waals surface area contributed by atoms with Crippen LogP contribution in [0, 0.1) is 0 Å². The molecule has 0 bridgehead atoms. The maximum Gasteiger partial charge on any atom is 0.0489 e. The van der Waals surface area contributed by atoms with E-state index in [1.165, 1.54) is 35.7 Å². The Hall–Kier alpha value is -1.28. The van der Waals surface area contributed by atoms with Gasteiger partial charge < -0.3 is 10.7 Å². The Labute approximate surface area is 95.8 Å². The summed E-state index contributed by atoms with van der Waals surface area (Å²) in [5.74, 6) is 0.645. The van der Waals surface area contributed by atoms with E-state index >= 15 is 0 Å². The summed E-state index contributed by atoms with van der Waals surface area (Å²) in [6, 6.07) is 9.11. The van der Waals surface area contributed by atoms with E-state index < -0.39 is 0 Å². The molecule has 84 valence electrons. The molecule has 0 saturated heterocycles. The minimum atomic E-state index is 0.393. The first-order chi connectivity index (χ1) is 7.84. The van der Waals surface area contributed by atoms with Gasteiger partial charge in [0.15, 0.2) is 0 Å². The molecule has 1 aromatic heterocycles. The summed E-state index contributed by atoms with van der Waals surface area (Å²) in [7, 11) is 0. The number of nitrogens with two attached hydrogens (primary N) is 1. The Bertz CT molecular complexity index is 486. The summed E-state index contributed by atoms with van der Waals surface area (Å²) < 4.78 is 0. The minimum Gasteiger partial charge on any atom is -0.361 e. The van der Waals surface area contributed by atoms with Crippen LogP contribution in [0.5, 0.6) is 0 Å². The molecule has 3 rings (SSSR count). The summed E-state index contributed by atoms with van der Waals surface area (Å²) in [6.45, 7) is 0. The van der Waals surface area contributed by atoms with E-state index in [0.717, 1.165) is 6.42 Å². The molecule has 1 saturated carbocycles. The van der Waals surface area contributed by atoms with Crippen LogP contribution in [0.1, 0.15) is 37.2 Å². The van der Waals surface area contributed by atoms with Crippen LogP contribution in [0.4, 0.5) is 0 Å². The summed E-state index contributed by atoms with van der Waals surface area (Å²) in [4.78, 5) is 3.36. The Kier molecular flexibility index (Phi) is 2.44. The number of aromatic nitrogens is 1. The fraction of sp³-hybridized carbons (Fsp3) is 0.429. The van der Waals surface area contributed by atoms with Gasteiger partial charge in [-0.1, -0.05) is 24.6 Å². The van der Waals surface area contributed by atoms with Crippen LogP contribution in [0.2, 0.25) is 0 Å². The molecule has 3 N–H and O–H groups in total. The first-order valence-corrected chi connectivity index (χ1v) is 6.16. The molecule has 0 amide bonds. The number of H-pyrrole nitrogens is 1. The maximum absolute atomic E-state index is 6.07. The SMILES string of the molecule is NC1CCCC(c2cccc3cc[nH]c23)C1. The third kappa shape index (κ3) is 1.63. The highest BCUT2D eigenvalue weighted by molar-refractivity contribution is 5.83. The summed E-state index contributed by atoms with van der Waals surface area (Å²) in [5, 5.41) is 1.32. The molecule has 2 atom stereocenters. The zero-order chi connectivity index (χ0) is 11.0. The van der Waals surface area contributed by atoms with Crippen molar-refractivity contribution < 1.29 is 0 Å². The predicted octanol–water partition coefficient (Wildman–Crippen LogP) is 3.15. The van der Waals surface area contributed by atoms with E-state index in [-0.39, 0.29) is 0 Å². The summed E-state index contributed by atoms with van der Waals surface area (Å²) in [5.41, 5.74) is 8.83. The molecule has 0 spiro atoms. The number of rotatable bonds is 1. The maximum atomic E-state index is 6.07. The van der Waals surface area contributed by atoms with Crippen LogP contribution in [0.25, 0.3) is 10.9 Å². The van der Waals surface area contributed by atoms with Gasteiger partial charge in [0.1, 0.15) is 0 Å². The van der Waals surface area contributed by atoms with Crippen molar-refractivity contribution in [1.82, 2.24) is 4.98 Å². The van der Waals surface area contributed by atoms with E-state index in [2.05, 4.69) is 29.2 Å². The van der Waals surface area contributed by atoms with E-state index in [1.807, 2.05) is 6.20 Å². The van der Waals surface area contributed by atoms with Crippen molar-refractivity contribution in [3.8, 4) is 0 Å². The Morgan fingerprint density at radius 2 is 2.12 bits per heavy atom. The number of para-hydroxylation sites is 1. The first kappa shape index (κ1) is 9.91. The van der Waals surface area contributed by atoms with E-state index in [4.69, 9.17) is 5.73 Å². The molecular weight excluding hydrogens is 196 g/mol. The zero-order valence-electron chi connectivity index (χ0n) is 9.45. The lowest BCUT2D eigenvalue weighted by Gasteiger charge is -2.27. The summed E-state index contributed by atoms with van der Waals surface area (Å²) in [6.07, 6.45) is 6.90. The van der Waals surface area contributed by atoms with Gasteiger partial charge in [0.25, 0.3) is 0 Å². The normalized spacial score (nSPS) is 26.1. The average molecular weight is 214 g/mol. The Morgan fingerprint density at radius 3 is 3.00 bits per heavy atom. The lowest BCUT2D eigenvalue weighted by Crippen LogP contribution is -2.26. The van der Waals surface area contributed by atoms with Gasteiger partial charge in [-0.15, -0.1) is 0 Å². The van der Waals surface area contributed by atoms with Gasteiger partial charge >= 0.3 is 0 Å². The number of nitrogens with one attached hydrogen (secondary N) is 1. The highest BCUT2D eigenvalue weighted by atomic mass is 14.7. The molecule has 1 heterocycles. The van der Waals surface area contributed by atoms with Crippen LogP contribution >= 0.6 is 0 Å². The number of fused-ring (bicyclic) bond motifs is 1. The van der Waals surface area contributed by atoms with Gasteiger partial charge in [-0.2, -0.15) is 0 Å². The molecule has 1 aromatic carbocycles. The van der Waals surface area contributed by atoms with E-state index in [1.54, 1.807) is 0 Å². The van der Waals surface area contributed by atoms with Gasteiger partial charge in [0, 0.05) is 17.8 Å². The zero-order valence-corrected chi connectivity index (χ0v) is 9.45. The average Bonchev–Trinajstić information content (AvgIpc) is 2.76.